The minimum atomic E-state index is -0.780. The van der Waals surface area contributed by atoms with Gasteiger partial charge in [0.05, 0.1) is 18.7 Å². The molecule has 0 radical (unpaired) electrons. The maximum atomic E-state index is 10.5. The maximum Gasteiger partial charge on any atom is 0.303 e. The number of aromatic nitrogens is 1. The molecule has 0 aliphatic carbocycles. The van der Waals surface area contributed by atoms with Crippen molar-refractivity contribution in [2.45, 2.75) is 32.3 Å². The van der Waals surface area contributed by atoms with Crippen molar-refractivity contribution in [3.8, 4) is 0 Å². The summed E-state index contributed by atoms with van der Waals surface area (Å²) in [7, 11) is 0. The summed E-state index contributed by atoms with van der Waals surface area (Å²) in [5.74, 6) is -0.780. The van der Waals surface area contributed by atoms with Crippen molar-refractivity contribution in [2.75, 3.05) is 26.2 Å². The first-order valence-electron chi connectivity index (χ1n) is 6.69. The molecule has 0 aromatic carbocycles. The van der Waals surface area contributed by atoms with Gasteiger partial charge in [0.15, 0.2) is 0 Å². The number of aryl methyl sites for hydroxylation is 1. The Labute approximate surface area is 117 Å². The van der Waals surface area contributed by atoms with E-state index in [0.717, 1.165) is 43.4 Å². The number of rotatable bonds is 6. The molecule has 2 heterocycles. The number of carbonyl (C=O) groups is 1. The van der Waals surface area contributed by atoms with Crippen LogP contribution in [0.5, 0.6) is 0 Å². The van der Waals surface area contributed by atoms with Crippen LogP contribution in [0.4, 0.5) is 0 Å². The predicted molar refractivity (Wildman–Crippen MR) is 73.5 cm³/mol. The van der Waals surface area contributed by atoms with Crippen molar-refractivity contribution in [2.24, 2.45) is 0 Å². The molecular weight excluding hydrogens is 264 g/mol. The van der Waals surface area contributed by atoms with E-state index in [0.29, 0.717) is 6.42 Å². The number of hydrogen-bond acceptors (Lipinski definition) is 5. The minimum Gasteiger partial charge on any atom is -0.481 e. The summed E-state index contributed by atoms with van der Waals surface area (Å²) >= 11 is 1.57. The van der Waals surface area contributed by atoms with Crippen LogP contribution in [0.25, 0.3) is 0 Å². The van der Waals surface area contributed by atoms with Crippen LogP contribution in [0.2, 0.25) is 0 Å². The summed E-state index contributed by atoms with van der Waals surface area (Å²) in [6.07, 6.45) is 1.83. The smallest absolute Gasteiger partial charge is 0.303 e. The number of carboxylic acid groups (broad SMARTS) is 1. The third-order valence-electron chi connectivity index (χ3n) is 3.13. The van der Waals surface area contributed by atoms with Crippen molar-refractivity contribution < 1.29 is 14.6 Å². The number of carboxylic acids is 1. The third-order valence-corrected chi connectivity index (χ3v) is 4.12. The first kappa shape index (κ1) is 14.4. The largest absolute Gasteiger partial charge is 0.481 e. The van der Waals surface area contributed by atoms with Gasteiger partial charge in [-0.15, -0.1) is 11.3 Å². The Hall–Kier alpha value is -0.980. The first-order chi connectivity index (χ1) is 9.19. The fourth-order valence-corrected chi connectivity index (χ4v) is 3.08. The fraction of sp³-hybridized carbons (Fsp3) is 0.692. The number of hydrogen-bond donors (Lipinski definition) is 1. The standard InChI is InChI=1S/C13H20N2O3S/c1-2-5-15-6-7-18-11(8-15)13-14-10(9-19-13)3-4-12(16)17/h9,11H,2-8H2,1H3,(H,16,17). The fourth-order valence-electron chi connectivity index (χ4n) is 2.19. The van der Waals surface area contributed by atoms with Gasteiger partial charge in [0.25, 0.3) is 0 Å². The van der Waals surface area contributed by atoms with E-state index >= 15 is 0 Å². The molecule has 0 bridgehead atoms. The van der Waals surface area contributed by atoms with E-state index in [1.165, 1.54) is 0 Å². The Morgan fingerprint density at radius 3 is 3.26 bits per heavy atom. The molecule has 1 aromatic rings. The molecule has 5 nitrogen and oxygen atoms in total. The Morgan fingerprint density at radius 1 is 1.68 bits per heavy atom. The monoisotopic (exact) mass is 284 g/mol. The van der Waals surface area contributed by atoms with Gasteiger partial charge < -0.3 is 9.84 Å². The highest BCUT2D eigenvalue weighted by molar-refractivity contribution is 7.09. The normalized spacial score (nSPS) is 20.6. The average Bonchev–Trinajstić information content (AvgIpc) is 2.86. The van der Waals surface area contributed by atoms with E-state index in [1.807, 2.05) is 5.38 Å². The Balaban J connectivity index is 1.92. The summed E-state index contributed by atoms with van der Waals surface area (Å²) in [6.45, 7) is 5.89. The van der Waals surface area contributed by atoms with Crippen LogP contribution in [0, 0.1) is 0 Å². The summed E-state index contributed by atoms with van der Waals surface area (Å²) < 4.78 is 5.77. The zero-order valence-electron chi connectivity index (χ0n) is 11.2. The van der Waals surface area contributed by atoms with E-state index in [1.54, 1.807) is 11.3 Å². The van der Waals surface area contributed by atoms with Crippen LogP contribution in [-0.4, -0.2) is 47.2 Å². The summed E-state index contributed by atoms with van der Waals surface area (Å²) in [5.41, 5.74) is 0.860. The molecule has 6 heteroatoms. The van der Waals surface area contributed by atoms with Gasteiger partial charge in [-0.05, 0) is 13.0 Å². The molecule has 0 amide bonds. The molecule has 1 N–H and O–H groups in total. The second-order valence-corrected chi connectivity index (χ2v) is 5.62. The average molecular weight is 284 g/mol. The van der Waals surface area contributed by atoms with E-state index in [4.69, 9.17) is 9.84 Å². The summed E-state index contributed by atoms with van der Waals surface area (Å²) in [4.78, 5) is 17.4. The number of morpholine rings is 1. The van der Waals surface area contributed by atoms with Gasteiger partial charge in [0.2, 0.25) is 0 Å². The molecule has 1 fully saturated rings. The second-order valence-electron chi connectivity index (χ2n) is 4.73. The van der Waals surface area contributed by atoms with Crippen molar-refractivity contribution in [1.82, 2.24) is 9.88 Å². The van der Waals surface area contributed by atoms with E-state index in [9.17, 15) is 4.79 Å². The summed E-state index contributed by atoms with van der Waals surface area (Å²) in [6, 6.07) is 0. The molecule has 1 unspecified atom stereocenters. The lowest BCUT2D eigenvalue weighted by Crippen LogP contribution is -2.38. The van der Waals surface area contributed by atoms with E-state index < -0.39 is 5.97 Å². The van der Waals surface area contributed by atoms with E-state index in [-0.39, 0.29) is 12.5 Å². The van der Waals surface area contributed by atoms with Crippen LogP contribution in [0.1, 0.15) is 36.6 Å². The molecular formula is C13H20N2O3S. The van der Waals surface area contributed by atoms with Crippen LogP contribution in [0.15, 0.2) is 5.38 Å². The van der Waals surface area contributed by atoms with Gasteiger partial charge in [-0.3, -0.25) is 9.69 Å². The Morgan fingerprint density at radius 2 is 2.53 bits per heavy atom. The van der Waals surface area contributed by atoms with Crippen molar-refractivity contribution in [3.63, 3.8) is 0 Å². The Bertz CT molecular complexity index is 420. The predicted octanol–water partition coefficient (Wildman–Crippen LogP) is 1.94. The van der Waals surface area contributed by atoms with Crippen molar-refractivity contribution >= 4 is 17.3 Å². The van der Waals surface area contributed by atoms with Crippen molar-refractivity contribution in [1.29, 1.82) is 0 Å². The lowest BCUT2D eigenvalue weighted by Gasteiger charge is -2.31. The number of thiazole rings is 1. The van der Waals surface area contributed by atoms with Crippen LogP contribution >= 0.6 is 11.3 Å². The summed E-state index contributed by atoms with van der Waals surface area (Å²) in [5, 5.41) is 11.6. The van der Waals surface area contributed by atoms with Gasteiger partial charge in [-0.2, -0.15) is 0 Å². The highest BCUT2D eigenvalue weighted by atomic mass is 32.1. The third kappa shape index (κ3) is 4.26. The van der Waals surface area contributed by atoms with Gasteiger partial charge in [-0.1, -0.05) is 6.92 Å². The van der Waals surface area contributed by atoms with Crippen LogP contribution in [-0.2, 0) is 16.0 Å². The molecule has 0 spiro atoms. The number of nitrogens with zero attached hydrogens (tertiary/aromatic N) is 2. The molecule has 0 saturated carbocycles. The lowest BCUT2D eigenvalue weighted by molar-refractivity contribution is -0.136. The second kappa shape index (κ2) is 6.98. The Kier molecular flexibility index (Phi) is 5.30. The molecule has 1 aliphatic heterocycles. The first-order valence-corrected chi connectivity index (χ1v) is 7.57. The van der Waals surface area contributed by atoms with Gasteiger partial charge >= 0.3 is 5.97 Å². The van der Waals surface area contributed by atoms with Gasteiger partial charge in [0, 0.05) is 24.9 Å². The molecule has 1 aliphatic rings. The van der Waals surface area contributed by atoms with Crippen LogP contribution in [0.3, 0.4) is 0 Å². The number of aliphatic carboxylic acids is 1. The maximum absolute atomic E-state index is 10.5. The minimum absolute atomic E-state index is 0.0453. The van der Waals surface area contributed by atoms with Crippen molar-refractivity contribution in [3.05, 3.63) is 16.1 Å². The topological polar surface area (TPSA) is 62.7 Å². The molecule has 19 heavy (non-hydrogen) atoms. The molecule has 2 rings (SSSR count). The van der Waals surface area contributed by atoms with Gasteiger partial charge in [-0.25, -0.2) is 4.98 Å². The molecule has 1 atom stereocenters. The highest BCUT2D eigenvalue weighted by Gasteiger charge is 2.23. The quantitative estimate of drug-likeness (QED) is 0.865. The zero-order valence-corrected chi connectivity index (χ0v) is 12.0. The van der Waals surface area contributed by atoms with E-state index in [2.05, 4.69) is 16.8 Å². The highest BCUT2D eigenvalue weighted by Crippen LogP contribution is 2.25. The molecule has 106 valence electrons. The zero-order chi connectivity index (χ0) is 13.7. The molecule has 1 saturated heterocycles. The molecule has 1 aromatic heterocycles. The van der Waals surface area contributed by atoms with Crippen LogP contribution < -0.4 is 0 Å². The lowest BCUT2D eigenvalue weighted by atomic mass is 10.2. The SMILES string of the molecule is CCCN1CCOC(c2nc(CCC(=O)O)cs2)C1. The number of ether oxygens (including phenoxy) is 1. The van der Waals surface area contributed by atoms with Gasteiger partial charge in [0.1, 0.15) is 11.1 Å².